The van der Waals surface area contributed by atoms with Gasteiger partial charge in [0, 0.05) is 6.04 Å². The number of benzene rings is 1. The lowest BCUT2D eigenvalue weighted by molar-refractivity contribution is 0.501. The van der Waals surface area contributed by atoms with E-state index < -0.39 is 0 Å². The normalized spacial score (nSPS) is 27.3. The second kappa shape index (κ2) is 4.75. The highest BCUT2D eigenvalue weighted by molar-refractivity contribution is 5.20. The van der Waals surface area contributed by atoms with Crippen molar-refractivity contribution in [2.45, 2.75) is 32.2 Å². The number of hydrogen-bond acceptors (Lipinski definition) is 1. The predicted molar refractivity (Wildman–Crippen MR) is 60.2 cm³/mol. The number of rotatable bonds is 1. The smallest absolute Gasteiger partial charge is 0.123 e. The molecule has 82 valence electrons. The molecule has 0 bridgehead atoms. The molecule has 15 heavy (non-hydrogen) atoms. The first-order valence-corrected chi connectivity index (χ1v) is 5.74. The fraction of sp³-hybridized carbons (Fsp3) is 0.538. The summed E-state index contributed by atoms with van der Waals surface area (Å²) in [7, 11) is 0. The van der Waals surface area contributed by atoms with Crippen LogP contribution in [0.4, 0.5) is 4.39 Å². The van der Waals surface area contributed by atoms with Crippen molar-refractivity contribution in [3.05, 3.63) is 35.6 Å². The van der Waals surface area contributed by atoms with Gasteiger partial charge < -0.3 is 5.32 Å². The Labute approximate surface area is 90.7 Å². The van der Waals surface area contributed by atoms with Crippen LogP contribution in [0.2, 0.25) is 0 Å². The third-order valence-electron chi connectivity index (χ3n) is 3.25. The minimum absolute atomic E-state index is 0.152. The van der Waals surface area contributed by atoms with Gasteiger partial charge in [-0.15, -0.1) is 0 Å². The van der Waals surface area contributed by atoms with Crippen molar-refractivity contribution >= 4 is 0 Å². The van der Waals surface area contributed by atoms with E-state index in [1.807, 2.05) is 12.1 Å². The maximum Gasteiger partial charge on any atom is 0.123 e. The van der Waals surface area contributed by atoms with Crippen LogP contribution in [0.25, 0.3) is 0 Å². The summed E-state index contributed by atoms with van der Waals surface area (Å²) in [6, 6.07) is 7.29. The van der Waals surface area contributed by atoms with E-state index in [1.54, 1.807) is 12.1 Å². The lowest BCUT2D eigenvalue weighted by atomic mass is 9.98. The molecular weight excluding hydrogens is 189 g/mol. The van der Waals surface area contributed by atoms with Crippen LogP contribution in [-0.2, 0) is 0 Å². The molecule has 0 saturated carbocycles. The lowest BCUT2D eigenvalue weighted by Gasteiger charge is -2.15. The van der Waals surface area contributed by atoms with Gasteiger partial charge in [-0.1, -0.05) is 19.1 Å². The zero-order valence-electron chi connectivity index (χ0n) is 9.17. The highest BCUT2D eigenvalue weighted by atomic mass is 19.1. The third-order valence-corrected chi connectivity index (χ3v) is 3.25. The Bertz CT molecular complexity index is 307. The van der Waals surface area contributed by atoms with Gasteiger partial charge in [-0.05, 0) is 49.4 Å². The monoisotopic (exact) mass is 207 g/mol. The van der Waals surface area contributed by atoms with E-state index in [0.717, 1.165) is 18.9 Å². The predicted octanol–water partition coefficient (Wildman–Crippen LogP) is 3.28. The van der Waals surface area contributed by atoms with E-state index in [1.165, 1.54) is 18.4 Å². The van der Waals surface area contributed by atoms with Crippen LogP contribution in [0, 0.1) is 11.7 Å². The van der Waals surface area contributed by atoms with Crippen molar-refractivity contribution in [3.8, 4) is 0 Å². The molecule has 1 aromatic carbocycles. The summed E-state index contributed by atoms with van der Waals surface area (Å²) in [5, 5.41) is 3.53. The maximum atomic E-state index is 12.8. The largest absolute Gasteiger partial charge is 0.310 e. The van der Waals surface area contributed by atoms with Crippen LogP contribution in [-0.4, -0.2) is 6.54 Å². The van der Waals surface area contributed by atoms with Crippen molar-refractivity contribution in [1.82, 2.24) is 5.32 Å². The molecule has 0 unspecified atom stereocenters. The Morgan fingerprint density at radius 1 is 1.13 bits per heavy atom. The second-order valence-electron chi connectivity index (χ2n) is 4.53. The second-order valence-corrected chi connectivity index (χ2v) is 4.53. The molecule has 0 amide bonds. The SMILES string of the molecule is C[C@H]1CCN[C@H](c2ccc(F)cc2)CC1. The zero-order chi connectivity index (χ0) is 10.7. The molecule has 1 N–H and O–H groups in total. The van der Waals surface area contributed by atoms with E-state index >= 15 is 0 Å². The number of halogens is 1. The summed E-state index contributed by atoms with van der Waals surface area (Å²) in [6.45, 7) is 3.37. The van der Waals surface area contributed by atoms with Crippen molar-refractivity contribution in [3.63, 3.8) is 0 Å². The molecule has 1 saturated heterocycles. The summed E-state index contributed by atoms with van der Waals surface area (Å²) in [5.74, 6) is 0.656. The summed E-state index contributed by atoms with van der Waals surface area (Å²) in [5.41, 5.74) is 1.21. The minimum Gasteiger partial charge on any atom is -0.310 e. The fourth-order valence-corrected chi connectivity index (χ4v) is 2.18. The maximum absolute atomic E-state index is 12.8. The van der Waals surface area contributed by atoms with Crippen LogP contribution < -0.4 is 5.32 Å². The minimum atomic E-state index is -0.152. The summed E-state index contributed by atoms with van der Waals surface area (Å²) >= 11 is 0. The topological polar surface area (TPSA) is 12.0 Å². The van der Waals surface area contributed by atoms with E-state index in [9.17, 15) is 4.39 Å². The highest BCUT2D eigenvalue weighted by Crippen LogP contribution is 2.25. The van der Waals surface area contributed by atoms with Gasteiger partial charge in [0.25, 0.3) is 0 Å². The molecule has 1 aromatic rings. The fourth-order valence-electron chi connectivity index (χ4n) is 2.18. The van der Waals surface area contributed by atoms with Crippen molar-refractivity contribution in [2.24, 2.45) is 5.92 Å². The molecular formula is C13H18FN. The van der Waals surface area contributed by atoms with E-state index in [4.69, 9.17) is 0 Å². The Morgan fingerprint density at radius 3 is 2.60 bits per heavy atom. The molecule has 1 aliphatic rings. The first kappa shape index (κ1) is 10.6. The van der Waals surface area contributed by atoms with Gasteiger partial charge in [0.1, 0.15) is 5.82 Å². The third kappa shape index (κ3) is 2.78. The van der Waals surface area contributed by atoms with Crippen molar-refractivity contribution < 1.29 is 4.39 Å². The lowest BCUT2D eigenvalue weighted by Crippen LogP contribution is -2.20. The van der Waals surface area contributed by atoms with Crippen LogP contribution in [0.5, 0.6) is 0 Å². The summed E-state index contributed by atoms with van der Waals surface area (Å²) in [4.78, 5) is 0. The van der Waals surface area contributed by atoms with Gasteiger partial charge in [0.05, 0.1) is 0 Å². The molecule has 2 heteroatoms. The molecule has 0 aliphatic carbocycles. The van der Waals surface area contributed by atoms with E-state index in [-0.39, 0.29) is 5.82 Å². The average Bonchev–Trinajstić information content (AvgIpc) is 2.44. The van der Waals surface area contributed by atoms with Crippen molar-refractivity contribution in [1.29, 1.82) is 0 Å². The average molecular weight is 207 g/mol. The van der Waals surface area contributed by atoms with Crippen molar-refractivity contribution in [2.75, 3.05) is 6.54 Å². The van der Waals surface area contributed by atoms with Crippen LogP contribution >= 0.6 is 0 Å². The Balaban J connectivity index is 2.06. The quantitative estimate of drug-likeness (QED) is 0.745. The molecule has 1 fully saturated rings. The van der Waals surface area contributed by atoms with E-state index in [2.05, 4.69) is 12.2 Å². The molecule has 1 nitrogen and oxygen atoms in total. The Morgan fingerprint density at radius 2 is 1.87 bits per heavy atom. The Kier molecular flexibility index (Phi) is 3.37. The summed E-state index contributed by atoms with van der Waals surface area (Å²) < 4.78 is 12.8. The van der Waals surface area contributed by atoms with Gasteiger partial charge in [-0.2, -0.15) is 0 Å². The first-order chi connectivity index (χ1) is 7.25. The van der Waals surface area contributed by atoms with Crippen LogP contribution in [0.3, 0.4) is 0 Å². The molecule has 2 rings (SSSR count). The van der Waals surface area contributed by atoms with E-state index in [0.29, 0.717) is 6.04 Å². The zero-order valence-corrected chi connectivity index (χ0v) is 9.17. The highest BCUT2D eigenvalue weighted by Gasteiger charge is 2.16. The van der Waals surface area contributed by atoms with Gasteiger partial charge in [-0.25, -0.2) is 4.39 Å². The van der Waals surface area contributed by atoms with Crippen LogP contribution in [0.1, 0.15) is 37.8 Å². The molecule has 1 heterocycles. The molecule has 2 atom stereocenters. The number of hydrogen-bond donors (Lipinski definition) is 1. The molecule has 0 radical (unpaired) electrons. The Hall–Kier alpha value is -0.890. The first-order valence-electron chi connectivity index (χ1n) is 5.74. The summed E-state index contributed by atoms with van der Waals surface area (Å²) in [6.07, 6.45) is 3.67. The van der Waals surface area contributed by atoms with Gasteiger partial charge in [-0.3, -0.25) is 0 Å². The number of nitrogens with one attached hydrogen (secondary N) is 1. The molecule has 1 aliphatic heterocycles. The van der Waals surface area contributed by atoms with Gasteiger partial charge >= 0.3 is 0 Å². The standard InChI is InChI=1S/C13H18FN/c1-10-2-7-13(15-9-8-10)11-3-5-12(14)6-4-11/h3-6,10,13,15H,2,7-9H2,1H3/t10-,13+/m1/s1. The molecule has 0 aromatic heterocycles. The van der Waals surface area contributed by atoms with Crippen LogP contribution in [0.15, 0.2) is 24.3 Å². The van der Waals surface area contributed by atoms with Gasteiger partial charge in [0.2, 0.25) is 0 Å². The van der Waals surface area contributed by atoms with Gasteiger partial charge in [0.15, 0.2) is 0 Å². The molecule has 0 spiro atoms.